The number of nitrogens with one attached hydrogen (secondary N) is 2. The van der Waals surface area contributed by atoms with Crippen molar-refractivity contribution in [3.05, 3.63) is 40.9 Å². The standard InChI is InChI=1S/C26H36ClN3O4/c1-6-8-16-11-12-17-21(20(16)24(32)28-5)26(34)30(19(13-31)14(2)3)23(17)25(33)29-22-15(4)9-7-10-18(22)27/h7,9-12,14,16-17,19-21,23,31H,6,8,13H2,1-5H3,(H,28,32)(H,29,33)/t16-,17+,19+,20-,21-,23+/m1/s1. The number of amides is 3. The second kappa shape index (κ2) is 10.9. The van der Waals surface area contributed by atoms with E-state index in [1.165, 1.54) is 4.90 Å². The van der Waals surface area contributed by atoms with Crippen LogP contribution in [-0.2, 0) is 14.4 Å². The summed E-state index contributed by atoms with van der Waals surface area (Å²) in [5.41, 5.74) is 1.31. The van der Waals surface area contributed by atoms with Gasteiger partial charge in [0.05, 0.1) is 35.2 Å². The molecule has 1 aromatic carbocycles. The van der Waals surface area contributed by atoms with Crippen LogP contribution >= 0.6 is 11.6 Å². The number of rotatable bonds is 8. The van der Waals surface area contributed by atoms with E-state index in [1.807, 2.05) is 45.9 Å². The van der Waals surface area contributed by atoms with Crippen LogP contribution in [0.5, 0.6) is 0 Å². The van der Waals surface area contributed by atoms with Crippen LogP contribution in [0.1, 0.15) is 39.2 Å². The molecule has 1 fully saturated rings. The van der Waals surface area contributed by atoms with E-state index in [1.54, 1.807) is 19.2 Å². The van der Waals surface area contributed by atoms with Gasteiger partial charge in [-0.3, -0.25) is 14.4 Å². The molecule has 8 heteroatoms. The lowest BCUT2D eigenvalue weighted by atomic mass is 9.68. The van der Waals surface area contributed by atoms with Crippen molar-refractivity contribution in [3.63, 3.8) is 0 Å². The molecule has 2 aliphatic rings. The lowest BCUT2D eigenvalue weighted by Gasteiger charge is -2.35. The Bertz CT molecular complexity index is 943. The molecule has 0 radical (unpaired) electrons. The molecule has 6 atom stereocenters. The van der Waals surface area contributed by atoms with E-state index in [0.717, 1.165) is 18.4 Å². The summed E-state index contributed by atoms with van der Waals surface area (Å²) in [6.07, 6.45) is 5.57. The third-order valence-electron chi connectivity index (χ3n) is 7.27. The summed E-state index contributed by atoms with van der Waals surface area (Å²) >= 11 is 6.36. The maximum atomic E-state index is 13.9. The van der Waals surface area contributed by atoms with Gasteiger partial charge in [-0.25, -0.2) is 0 Å². The van der Waals surface area contributed by atoms with Gasteiger partial charge in [0.15, 0.2) is 0 Å². The zero-order valence-corrected chi connectivity index (χ0v) is 21.3. The number of likely N-dealkylation sites (tertiary alicyclic amines) is 1. The minimum Gasteiger partial charge on any atom is -0.394 e. The predicted molar refractivity (Wildman–Crippen MR) is 133 cm³/mol. The smallest absolute Gasteiger partial charge is 0.247 e. The minimum absolute atomic E-state index is 0.0830. The quantitative estimate of drug-likeness (QED) is 0.487. The SMILES string of the molecule is CCC[C@@H]1C=C[C@H]2[C@@H](C(=O)N([C@@H](CO)C(C)C)[C@@H]2C(=O)Nc2c(C)cccc2Cl)[C@@H]1C(=O)NC. The zero-order valence-electron chi connectivity index (χ0n) is 20.5. The number of hydrogen-bond acceptors (Lipinski definition) is 4. The highest BCUT2D eigenvalue weighted by Crippen LogP contribution is 2.46. The molecule has 0 aromatic heterocycles. The Labute approximate surface area is 206 Å². The van der Waals surface area contributed by atoms with Crippen molar-refractivity contribution < 1.29 is 19.5 Å². The number of fused-ring (bicyclic) bond motifs is 1. The topological polar surface area (TPSA) is 98.7 Å². The molecule has 186 valence electrons. The molecule has 3 amide bonds. The van der Waals surface area contributed by atoms with Gasteiger partial charge in [-0.15, -0.1) is 0 Å². The van der Waals surface area contributed by atoms with Crippen molar-refractivity contribution in [2.75, 3.05) is 19.0 Å². The van der Waals surface area contributed by atoms with Crippen molar-refractivity contribution >= 4 is 35.0 Å². The van der Waals surface area contributed by atoms with Crippen LogP contribution in [0.4, 0.5) is 5.69 Å². The number of aliphatic hydroxyl groups is 1. The highest BCUT2D eigenvalue weighted by atomic mass is 35.5. The molecule has 3 rings (SSSR count). The van der Waals surface area contributed by atoms with Gasteiger partial charge >= 0.3 is 0 Å². The Balaban J connectivity index is 2.09. The molecule has 7 nitrogen and oxygen atoms in total. The van der Waals surface area contributed by atoms with Crippen LogP contribution < -0.4 is 10.6 Å². The number of aliphatic hydroxyl groups excluding tert-OH is 1. The summed E-state index contributed by atoms with van der Waals surface area (Å²) in [6, 6.07) is 3.95. The molecular formula is C26H36ClN3O4. The number of nitrogens with zero attached hydrogens (tertiary/aromatic N) is 1. The first-order chi connectivity index (χ1) is 16.2. The Hall–Kier alpha value is -2.38. The number of para-hydroxylation sites is 1. The summed E-state index contributed by atoms with van der Waals surface area (Å²) < 4.78 is 0. The van der Waals surface area contributed by atoms with Crippen LogP contribution in [0.2, 0.25) is 5.02 Å². The van der Waals surface area contributed by atoms with E-state index in [9.17, 15) is 19.5 Å². The molecule has 1 saturated heterocycles. The maximum Gasteiger partial charge on any atom is 0.247 e. The highest BCUT2D eigenvalue weighted by molar-refractivity contribution is 6.34. The third-order valence-corrected chi connectivity index (χ3v) is 7.59. The number of allylic oxidation sites excluding steroid dienone is 1. The summed E-state index contributed by atoms with van der Waals surface area (Å²) in [5, 5.41) is 16.3. The summed E-state index contributed by atoms with van der Waals surface area (Å²) in [7, 11) is 1.57. The van der Waals surface area contributed by atoms with Crippen LogP contribution in [-0.4, -0.2) is 53.5 Å². The molecule has 0 bridgehead atoms. The minimum atomic E-state index is -0.862. The Kier molecular flexibility index (Phi) is 8.42. The first-order valence-electron chi connectivity index (χ1n) is 12.1. The zero-order chi connectivity index (χ0) is 25.2. The van der Waals surface area contributed by atoms with E-state index in [0.29, 0.717) is 10.7 Å². The number of hydrogen-bond donors (Lipinski definition) is 3. The van der Waals surface area contributed by atoms with Crippen LogP contribution in [0, 0.1) is 36.5 Å². The highest BCUT2D eigenvalue weighted by Gasteiger charge is 2.58. The Morgan fingerprint density at radius 1 is 1.21 bits per heavy atom. The first kappa shape index (κ1) is 26.2. The lowest BCUT2D eigenvalue weighted by molar-refractivity contribution is -0.143. The second-order valence-corrected chi connectivity index (χ2v) is 10.1. The second-order valence-electron chi connectivity index (χ2n) is 9.69. The van der Waals surface area contributed by atoms with Gasteiger partial charge in [0, 0.05) is 13.0 Å². The lowest BCUT2D eigenvalue weighted by Crippen LogP contribution is -2.52. The fourth-order valence-electron chi connectivity index (χ4n) is 5.54. The van der Waals surface area contributed by atoms with E-state index >= 15 is 0 Å². The predicted octanol–water partition coefficient (Wildman–Crippen LogP) is 3.40. The van der Waals surface area contributed by atoms with E-state index in [2.05, 4.69) is 10.6 Å². The van der Waals surface area contributed by atoms with Crippen LogP contribution in [0.25, 0.3) is 0 Å². The molecule has 1 aliphatic carbocycles. The van der Waals surface area contributed by atoms with Gasteiger partial charge in [0.2, 0.25) is 17.7 Å². The molecule has 1 aromatic rings. The van der Waals surface area contributed by atoms with E-state index < -0.39 is 29.8 Å². The van der Waals surface area contributed by atoms with Gasteiger partial charge in [-0.05, 0) is 36.8 Å². The van der Waals surface area contributed by atoms with Crippen molar-refractivity contribution in [1.82, 2.24) is 10.2 Å². The van der Waals surface area contributed by atoms with Crippen molar-refractivity contribution in [1.29, 1.82) is 0 Å². The van der Waals surface area contributed by atoms with Crippen molar-refractivity contribution in [3.8, 4) is 0 Å². The summed E-state index contributed by atoms with van der Waals surface area (Å²) in [6.45, 7) is 7.45. The van der Waals surface area contributed by atoms with Crippen molar-refractivity contribution in [2.24, 2.45) is 29.6 Å². The number of anilines is 1. The van der Waals surface area contributed by atoms with Crippen LogP contribution in [0.15, 0.2) is 30.4 Å². The van der Waals surface area contributed by atoms with E-state index in [4.69, 9.17) is 11.6 Å². The number of carbonyl (C=O) groups is 3. The normalized spacial score (nSPS) is 27.0. The molecule has 1 heterocycles. The molecule has 34 heavy (non-hydrogen) atoms. The van der Waals surface area contributed by atoms with Gasteiger partial charge < -0.3 is 20.6 Å². The molecule has 1 aliphatic heterocycles. The average molecular weight is 490 g/mol. The molecule has 3 N–H and O–H groups in total. The Morgan fingerprint density at radius 3 is 2.47 bits per heavy atom. The molecule has 0 saturated carbocycles. The summed E-state index contributed by atoms with van der Waals surface area (Å²) in [5.74, 6) is -2.72. The fourth-order valence-corrected chi connectivity index (χ4v) is 5.81. The van der Waals surface area contributed by atoms with Gasteiger partial charge in [0.25, 0.3) is 0 Å². The number of halogens is 1. The third kappa shape index (κ3) is 4.73. The molecule has 0 spiro atoms. The average Bonchev–Trinajstić information content (AvgIpc) is 3.08. The fraction of sp³-hybridized carbons (Fsp3) is 0.577. The van der Waals surface area contributed by atoms with E-state index in [-0.39, 0.29) is 36.2 Å². The number of carbonyl (C=O) groups excluding carboxylic acids is 3. The number of benzene rings is 1. The Morgan fingerprint density at radius 2 is 1.91 bits per heavy atom. The van der Waals surface area contributed by atoms with Crippen molar-refractivity contribution in [2.45, 2.75) is 52.6 Å². The molecule has 0 unspecified atom stereocenters. The number of aryl methyl sites for hydroxylation is 1. The largest absolute Gasteiger partial charge is 0.394 e. The van der Waals surface area contributed by atoms with Gasteiger partial charge in [-0.1, -0.05) is 63.1 Å². The summed E-state index contributed by atoms with van der Waals surface area (Å²) in [4.78, 5) is 42.2. The van der Waals surface area contributed by atoms with Gasteiger partial charge in [0.1, 0.15) is 6.04 Å². The first-order valence-corrected chi connectivity index (χ1v) is 12.4. The monoisotopic (exact) mass is 489 g/mol. The van der Waals surface area contributed by atoms with Gasteiger partial charge in [-0.2, -0.15) is 0 Å². The maximum absolute atomic E-state index is 13.9. The molecular weight excluding hydrogens is 454 g/mol. The van der Waals surface area contributed by atoms with Crippen LogP contribution in [0.3, 0.4) is 0 Å².